The molecular formula is C93H128F2N28O6S4. The van der Waals surface area contributed by atoms with Gasteiger partial charge >= 0.3 is 0 Å². The highest BCUT2D eigenvalue weighted by Crippen LogP contribution is 2.51. The lowest BCUT2D eigenvalue weighted by molar-refractivity contribution is -0.118. The maximum atomic E-state index is 14.9. The van der Waals surface area contributed by atoms with Crippen molar-refractivity contribution >= 4 is 157 Å². The topological polar surface area (TPSA) is 442 Å². The van der Waals surface area contributed by atoms with Gasteiger partial charge in [0, 0.05) is 156 Å². The van der Waals surface area contributed by atoms with Crippen LogP contribution in [0.1, 0.15) is 142 Å². The quantitative estimate of drug-likeness (QED) is 0.0103. The molecule has 714 valence electrons. The van der Waals surface area contributed by atoms with Crippen molar-refractivity contribution in [2.24, 2.45) is 35.5 Å². The largest absolute Gasteiger partial charge is 0.399 e. The number of aromatic nitrogens is 16. The number of rotatable bonds is 33. The number of carbonyl (C=O) groups is 3. The number of nitrogens with zero attached hydrogens (tertiary/aromatic N) is 16. The Labute approximate surface area is 800 Å². The first-order chi connectivity index (χ1) is 64.3. The molecule has 4 aliphatic heterocycles. The standard InChI is InChI=1S/C28H35N7O2S.2C24H26FN7O2S.C17H19N7S.11H2/c1-3-4-13-37-28(20-7-8-20)16-35(17-28)25-15-23(30-24-14-18(2)33-34-24)31-27(32-25)38-22-11-9-21(10-12-22)29-26(36)19-5-6-19;1-13-8-20(31-30-13)27-19-10-21(32-11-24(34,12-32)15-4-5-15)29-23(28-19)35-16-6-7-18(17(25)9-16)26-22(33)14-2-3-14;1-13-8-20(31-30-13)27-19-10-21(32-11-24(34,12-32)15-4-5-15)29-23(28-19)35-18-7-6-16(9-17(18)25)26-22(33)14-2-3-14;1-11-9-15(23-22-11)19-14-10-16(24-7-2-8-24)21-17(20-14)25-13-5-3-12(18)4-6-13;;;;;;;;;;;/h9-12,14-15,19-20H,3-8,13,16-17H2,1-2H3,(H,29,36)(H2,30,31,32,33,34);2*6-10,14-15,34H,2-5,11-12H2,1H3,(H,26,33)(H2,27,28,29,30,31);3-6,9-10H,2,7-8,18H2,1H3,(H2,19,20,21,22,23);11*1H. The Balaban J connectivity index is 0.000000231. The normalized spacial score (nSPS) is 17.6. The number of amides is 3. The summed E-state index contributed by atoms with van der Waals surface area (Å²) in [6.45, 7) is 16.7. The molecule has 12 heterocycles. The number of aliphatic hydroxyl groups is 2. The zero-order valence-electron chi connectivity index (χ0n) is 74.3. The minimum Gasteiger partial charge on any atom is -0.399 e. The van der Waals surface area contributed by atoms with E-state index in [1.165, 1.54) is 66.7 Å². The molecule has 6 saturated carbocycles. The number of anilines is 16. The molecule has 8 aromatic heterocycles. The lowest BCUT2D eigenvalue weighted by Gasteiger charge is -2.51. The summed E-state index contributed by atoms with van der Waals surface area (Å²) in [4.78, 5) is 85.2. The molecule has 0 radical (unpaired) electrons. The van der Waals surface area contributed by atoms with Crippen LogP contribution in [0.2, 0.25) is 0 Å². The highest BCUT2D eigenvalue weighted by molar-refractivity contribution is 8.00. The average molecular weight is 1900 g/mol. The third-order valence-corrected chi connectivity index (χ3v) is 28.0. The lowest BCUT2D eigenvalue weighted by atomic mass is 9.88. The second-order valence-corrected chi connectivity index (χ2v) is 40.2. The number of nitrogen functional groups attached to an aromatic ring is 1. The van der Waals surface area contributed by atoms with Gasteiger partial charge in [-0.05, 0) is 267 Å². The molecule has 133 heavy (non-hydrogen) atoms. The number of nitrogens with one attached hydrogen (secondary N) is 11. The highest BCUT2D eigenvalue weighted by Gasteiger charge is 2.56. The number of nitrogens with two attached hydrogens (primary N) is 1. The van der Waals surface area contributed by atoms with Gasteiger partial charge in [0.25, 0.3) is 0 Å². The van der Waals surface area contributed by atoms with Crippen molar-refractivity contribution in [2.75, 3.05) is 122 Å². The summed E-state index contributed by atoms with van der Waals surface area (Å²) in [6.07, 6.45) is 15.7. The van der Waals surface area contributed by atoms with E-state index in [2.05, 4.69) is 120 Å². The van der Waals surface area contributed by atoms with Crippen LogP contribution in [-0.2, 0) is 19.1 Å². The second kappa shape index (κ2) is 38.8. The molecule has 6 aliphatic carbocycles. The molecule has 3 amide bonds. The number of hydrogen-bond donors (Lipinski definition) is 14. The van der Waals surface area contributed by atoms with E-state index in [0.717, 1.165) is 195 Å². The summed E-state index contributed by atoms with van der Waals surface area (Å²) in [5.41, 5.74) is 10.4. The Morgan fingerprint density at radius 2 is 0.805 bits per heavy atom. The smallest absolute Gasteiger partial charge is 0.227 e. The van der Waals surface area contributed by atoms with Crippen molar-refractivity contribution < 1.29 is 53.8 Å². The van der Waals surface area contributed by atoms with Gasteiger partial charge in [-0.3, -0.25) is 34.8 Å². The number of aromatic amines is 4. The minimum absolute atomic E-state index is 0. The number of benzene rings is 4. The van der Waals surface area contributed by atoms with E-state index < -0.39 is 22.8 Å². The molecule has 22 rings (SSSR count). The molecule has 0 atom stereocenters. The summed E-state index contributed by atoms with van der Waals surface area (Å²) in [7, 11) is 0. The summed E-state index contributed by atoms with van der Waals surface area (Å²) in [5, 5.41) is 73.6. The van der Waals surface area contributed by atoms with Crippen molar-refractivity contribution in [3.8, 4) is 0 Å². The van der Waals surface area contributed by atoms with Crippen molar-refractivity contribution in [1.29, 1.82) is 0 Å². The lowest BCUT2D eigenvalue weighted by Crippen LogP contribution is -2.65. The van der Waals surface area contributed by atoms with Crippen LogP contribution in [0.4, 0.5) is 101 Å². The van der Waals surface area contributed by atoms with E-state index in [1.54, 1.807) is 24.3 Å². The number of unbranched alkanes of at least 4 members (excludes halogenated alkanes) is 1. The first-order valence-electron chi connectivity index (χ1n) is 45.3. The van der Waals surface area contributed by atoms with Gasteiger partial charge < -0.3 is 77.5 Å². The van der Waals surface area contributed by atoms with Crippen LogP contribution in [0.3, 0.4) is 0 Å². The van der Waals surface area contributed by atoms with Crippen molar-refractivity contribution in [3.05, 3.63) is 168 Å². The zero-order chi connectivity index (χ0) is 91.7. The molecule has 40 heteroatoms. The van der Waals surface area contributed by atoms with Crippen LogP contribution in [0.5, 0.6) is 0 Å². The molecule has 0 spiro atoms. The van der Waals surface area contributed by atoms with Gasteiger partial charge in [-0.2, -0.15) is 20.4 Å². The Morgan fingerprint density at radius 3 is 1.18 bits per heavy atom. The molecule has 15 N–H and O–H groups in total. The fourth-order valence-corrected chi connectivity index (χ4v) is 19.0. The van der Waals surface area contributed by atoms with Crippen LogP contribution >= 0.6 is 47.0 Å². The fraction of sp³-hybridized carbons (Fsp3) is 0.409. The Morgan fingerprint density at radius 1 is 0.429 bits per heavy atom. The Bertz CT molecular complexity index is 6260. The molecular weight excluding hydrogens is 1770 g/mol. The van der Waals surface area contributed by atoms with Crippen molar-refractivity contribution in [1.82, 2.24) is 80.7 Å². The zero-order valence-corrected chi connectivity index (χ0v) is 77.6. The van der Waals surface area contributed by atoms with E-state index in [1.807, 2.05) is 135 Å². The highest BCUT2D eigenvalue weighted by atomic mass is 32.2. The number of carbonyl (C=O) groups excluding carboxylic acids is 3. The van der Waals surface area contributed by atoms with Crippen LogP contribution in [0.15, 0.2) is 174 Å². The number of hydrogen-bond acceptors (Lipinski definition) is 31. The van der Waals surface area contributed by atoms with Gasteiger partial charge in [0.05, 0.1) is 49.9 Å². The molecule has 4 aromatic carbocycles. The third-order valence-electron chi connectivity index (χ3n) is 24.5. The summed E-state index contributed by atoms with van der Waals surface area (Å²) in [6, 6.07) is 40.1. The third kappa shape index (κ3) is 23.2. The van der Waals surface area contributed by atoms with Gasteiger partial charge in [-0.15, -0.1) is 0 Å². The van der Waals surface area contributed by atoms with E-state index in [9.17, 15) is 33.4 Å². The van der Waals surface area contributed by atoms with Crippen LogP contribution in [0, 0.1) is 74.8 Å². The minimum atomic E-state index is -0.655. The molecule has 10 fully saturated rings. The summed E-state index contributed by atoms with van der Waals surface area (Å²) in [5.74, 6) is 9.01. The first kappa shape index (κ1) is 90.0. The van der Waals surface area contributed by atoms with E-state index in [4.69, 9.17) is 25.4 Å². The number of H-pyrrole nitrogens is 4. The SMILES string of the molecule is CCCCOC1(C2CC2)CN(c2cc(Nc3cc(C)[nH]n3)nc(Sc3ccc(NC(=O)C4CC4)cc3)n2)C1.Cc1cc(Nc2cc(N3CC(O)(C4CC4)C3)nc(Sc3ccc(NC(=O)C4CC4)c(F)c3)n2)n[nH]1.Cc1cc(Nc2cc(N3CC(O)(C4CC4)C3)nc(Sc3ccc(NC(=O)C4CC4)cc3F)n2)n[nH]1.Cc1cc(Nc2cc(N3CCC3)nc(Sc3ccc(N)cc3)n2)n[nH]1.[HH].[HH].[HH].[HH].[HH].[HH].[HH].[HH].[HH].[HH].[HH]. The number of aryl methyl sites for hydroxylation is 4. The Kier molecular flexibility index (Phi) is 26.2. The number of ether oxygens (including phenoxy) is 1. The monoisotopic (exact) mass is 1900 g/mol. The number of β-amino-alcohol motifs (C(OH)–C–C–N with tert-alkyl or cyclic N) is 2. The van der Waals surface area contributed by atoms with Gasteiger partial charge in [-0.25, -0.2) is 48.7 Å². The predicted octanol–water partition coefficient (Wildman–Crippen LogP) is 19.1. The van der Waals surface area contributed by atoms with E-state index in [0.29, 0.717) is 121 Å². The molecule has 0 unspecified atom stereocenters. The average Bonchev–Trinajstić information content (AvgIpc) is 1.59. The van der Waals surface area contributed by atoms with Gasteiger partial charge in [-0.1, -0.05) is 13.3 Å². The molecule has 34 nitrogen and oxygen atoms in total. The molecule has 12 aromatic rings. The van der Waals surface area contributed by atoms with Crippen LogP contribution in [-0.4, -0.2) is 184 Å². The van der Waals surface area contributed by atoms with E-state index in [-0.39, 0.29) is 62.5 Å². The maximum Gasteiger partial charge on any atom is 0.227 e. The van der Waals surface area contributed by atoms with Gasteiger partial charge in [0.2, 0.25) is 17.7 Å². The first-order valence-corrected chi connectivity index (χ1v) is 48.6. The van der Waals surface area contributed by atoms with Crippen molar-refractivity contribution in [3.63, 3.8) is 0 Å². The van der Waals surface area contributed by atoms with Crippen LogP contribution < -0.4 is 62.6 Å². The predicted molar refractivity (Wildman–Crippen MR) is 534 cm³/mol. The molecule has 0 bridgehead atoms. The Hall–Kier alpha value is -12.2. The maximum absolute atomic E-state index is 14.9. The molecule has 10 aliphatic rings. The summed E-state index contributed by atoms with van der Waals surface area (Å²) < 4.78 is 36.0. The molecule has 4 saturated heterocycles. The van der Waals surface area contributed by atoms with Crippen molar-refractivity contribution in [2.45, 2.75) is 188 Å². The van der Waals surface area contributed by atoms with Crippen LogP contribution in [0.25, 0.3) is 0 Å². The summed E-state index contributed by atoms with van der Waals surface area (Å²) >= 11 is 5.36. The van der Waals surface area contributed by atoms with Gasteiger partial charge in [0.15, 0.2) is 43.9 Å². The van der Waals surface area contributed by atoms with Gasteiger partial charge in [0.1, 0.15) is 75.0 Å². The fourth-order valence-electron chi connectivity index (χ4n) is 15.9. The second-order valence-electron chi connectivity index (χ2n) is 36.1. The van der Waals surface area contributed by atoms with E-state index >= 15 is 0 Å². The number of halogens is 2.